The molecule has 0 fully saturated rings. The molecule has 0 spiro atoms. The van der Waals surface area contributed by atoms with E-state index in [1.165, 1.54) is 11.3 Å². The maximum Gasteiger partial charge on any atom is 0.227 e. The smallest absolute Gasteiger partial charge is 0.227 e. The zero-order valence-corrected chi connectivity index (χ0v) is 19.6. The second-order valence-electron chi connectivity index (χ2n) is 8.81. The molecule has 0 radical (unpaired) electrons. The van der Waals surface area contributed by atoms with E-state index in [1.54, 1.807) is 26.2 Å². The van der Waals surface area contributed by atoms with Gasteiger partial charge in [0.2, 0.25) is 16.0 Å². The molecular weight excluding hydrogens is 418 g/mol. The number of anilines is 2. The van der Waals surface area contributed by atoms with Crippen LogP contribution in [0.25, 0.3) is 10.4 Å². The van der Waals surface area contributed by atoms with Crippen molar-refractivity contribution >= 4 is 33.0 Å². The van der Waals surface area contributed by atoms with Crippen LogP contribution >= 0.6 is 11.3 Å². The quantitative estimate of drug-likeness (QED) is 0.599. The van der Waals surface area contributed by atoms with Crippen LogP contribution in [0.15, 0.2) is 36.7 Å². The van der Waals surface area contributed by atoms with Crippen LogP contribution in [0, 0.1) is 6.92 Å². The second kappa shape index (κ2) is 7.72. The van der Waals surface area contributed by atoms with E-state index in [-0.39, 0.29) is 5.41 Å². The lowest BCUT2D eigenvalue weighted by molar-refractivity contribution is 0.555. The average molecular weight is 446 g/mol. The minimum Gasteiger partial charge on any atom is -0.324 e. The molecule has 7 nitrogen and oxygen atoms in total. The molecule has 0 saturated carbocycles. The van der Waals surface area contributed by atoms with Crippen LogP contribution < -0.4 is 10.5 Å². The minimum absolute atomic E-state index is 0.0771. The van der Waals surface area contributed by atoms with Crippen molar-refractivity contribution in [1.82, 2.24) is 15.0 Å². The second-order valence-corrected chi connectivity index (χ2v) is 12.0. The Bertz CT molecular complexity index is 1180. The van der Waals surface area contributed by atoms with E-state index < -0.39 is 14.8 Å². The maximum absolute atomic E-state index is 11.9. The summed E-state index contributed by atoms with van der Waals surface area (Å²) < 4.78 is 22.6. The number of aromatic nitrogens is 3. The Balaban J connectivity index is 1.94. The zero-order chi connectivity index (χ0) is 22.3. The first-order valence-corrected chi connectivity index (χ1v) is 11.8. The van der Waals surface area contributed by atoms with E-state index in [9.17, 15) is 8.42 Å². The van der Waals surface area contributed by atoms with Crippen molar-refractivity contribution in [3.8, 4) is 10.4 Å². The third-order valence-electron chi connectivity index (χ3n) is 4.77. The summed E-state index contributed by atoms with van der Waals surface area (Å²) in [6.07, 6.45) is 3.43. The van der Waals surface area contributed by atoms with Gasteiger partial charge in [-0.15, -0.1) is 11.3 Å². The maximum atomic E-state index is 11.9. The number of nitrogens with two attached hydrogens (primary N) is 1. The number of sulfonamides is 1. The standard InChI is InChI=1S/C21H27N5O2S2/c1-13-9-14(16-12-24-18(29-16)21(5,6)30(22,27)28)11-15(10-13)25-19-23-8-7-17(26-19)20(2,3)4/h7-12H,1-6H3,(H2,22,27,28)(H,23,25,26). The predicted molar refractivity (Wildman–Crippen MR) is 122 cm³/mol. The van der Waals surface area contributed by atoms with Crippen LogP contribution in [0.5, 0.6) is 0 Å². The molecule has 0 aliphatic heterocycles. The molecule has 0 atom stereocenters. The van der Waals surface area contributed by atoms with E-state index in [1.807, 2.05) is 31.2 Å². The van der Waals surface area contributed by atoms with Crippen molar-refractivity contribution in [3.63, 3.8) is 0 Å². The van der Waals surface area contributed by atoms with Gasteiger partial charge in [-0.05, 0) is 50.1 Å². The Morgan fingerprint density at radius 1 is 1.07 bits per heavy atom. The van der Waals surface area contributed by atoms with Crippen molar-refractivity contribution in [2.45, 2.75) is 51.7 Å². The molecule has 30 heavy (non-hydrogen) atoms. The molecular formula is C21H27N5O2S2. The van der Waals surface area contributed by atoms with E-state index in [0.29, 0.717) is 11.0 Å². The Kier molecular flexibility index (Phi) is 5.74. The van der Waals surface area contributed by atoms with Gasteiger partial charge in [-0.3, -0.25) is 0 Å². The van der Waals surface area contributed by atoms with E-state index in [4.69, 9.17) is 5.14 Å². The number of primary sulfonamides is 1. The summed E-state index contributed by atoms with van der Waals surface area (Å²) in [4.78, 5) is 14.1. The van der Waals surface area contributed by atoms with Crippen molar-refractivity contribution < 1.29 is 8.42 Å². The summed E-state index contributed by atoms with van der Waals surface area (Å²) in [6, 6.07) is 7.92. The summed E-state index contributed by atoms with van der Waals surface area (Å²) in [5, 5.41) is 9.12. The fraction of sp³-hybridized carbons (Fsp3) is 0.381. The first kappa shape index (κ1) is 22.3. The van der Waals surface area contributed by atoms with Gasteiger partial charge in [-0.2, -0.15) is 0 Å². The van der Waals surface area contributed by atoms with Crippen LogP contribution in [-0.4, -0.2) is 23.4 Å². The number of nitrogens with zero attached hydrogens (tertiary/aromatic N) is 3. The van der Waals surface area contributed by atoms with Crippen LogP contribution in [0.3, 0.4) is 0 Å². The summed E-state index contributed by atoms with van der Waals surface area (Å²) in [5.41, 5.74) is 3.69. The highest BCUT2D eigenvalue weighted by atomic mass is 32.2. The summed E-state index contributed by atoms with van der Waals surface area (Å²) >= 11 is 1.32. The van der Waals surface area contributed by atoms with Gasteiger partial charge in [0.05, 0.1) is 10.6 Å². The molecule has 9 heteroatoms. The number of hydrogen-bond donors (Lipinski definition) is 2. The summed E-state index contributed by atoms with van der Waals surface area (Å²) in [6.45, 7) is 11.4. The van der Waals surface area contributed by atoms with Gasteiger partial charge >= 0.3 is 0 Å². The van der Waals surface area contributed by atoms with Gasteiger partial charge in [-0.1, -0.05) is 26.8 Å². The van der Waals surface area contributed by atoms with Crippen molar-refractivity contribution in [3.05, 3.63) is 52.9 Å². The lowest BCUT2D eigenvalue weighted by Gasteiger charge is -2.18. The van der Waals surface area contributed by atoms with Gasteiger partial charge in [0.25, 0.3) is 0 Å². The number of hydrogen-bond acceptors (Lipinski definition) is 7. The lowest BCUT2D eigenvalue weighted by atomic mass is 9.92. The normalized spacial score (nSPS) is 12.8. The van der Waals surface area contributed by atoms with Gasteiger partial charge < -0.3 is 5.32 Å². The molecule has 3 aromatic rings. The highest BCUT2D eigenvalue weighted by Gasteiger charge is 2.36. The number of thiazole rings is 1. The zero-order valence-electron chi connectivity index (χ0n) is 18.0. The summed E-state index contributed by atoms with van der Waals surface area (Å²) in [7, 11) is -3.78. The number of rotatable bonds is 5. The SMILES string of the molecule is Cc1cc(Nc2nccc(C(C)(C)C)n2)cc(-c2cnc(C(C)(C)S(N)(=O)=O)s2)c1. The molecule has 160 valence electrons. The average Bonchev–Trinajstić information content (AvgIpc) is 3.10. The van der Waals surface area contributed by atoms with E-state index in [2.05, 4.69) is 41.0 Å². The van der Waals surface area contributed by atoms with Gasteiger partial charge in [0.15, 0.2) is 0 Å². The highest BCUT2D eigenvalue weighted by Crippen LogP contribution is 2.36. The Labute approximate surface area is 181 Å². The Morgan fingerprint density at radius 2 is 1.77 bits per heavy atom. The van der Waals surface area contributed by atoms with Gasteiger partial charge in [0.1, 0.15) is 9.75 Å². The van der Waals surface area contributed by atoms with Crippen molar-refractivity contribution in [2.75, 3.05) is 5.32 Å². The number of nitrogens with one attached hydrogen (secondary N) is 1. The first-order valence-electron chi connectivity index (χ1n) is 9.48. The minimum atomic E-state index is -3.78. The van der Waals surface area contributed by atoms with E-state index >= 15 is 0 Å². The monoisotopic (exact) mass is 445 g/mol. The predicted octanol–water partition coefficient (Wildman–Crippen LogP) is 4.47. The topological polar surface area (TPSA) is 111 Å². The van der Waals surface area contributed by atoms with Crippen molar-refractivity contribution in [2.24, 2.45) is 5.14 Å². The fourth-order valence-electron chi connectivity index (χ4n) is 2.77. The largest absolute Gasteiger partial charge is 0.324 e. The Morgan fingerprint density at radius 3 is 2.40 bits per heavy atom. The van der Waals surface area contributed by atoms with E-state index in [0.717, 1.165) is 27.4 Å². The van der Waals surface area contributed by atoms with Crippen LogP contribution in [0.4, 0.5) is 11.6 Å². The molecule has 0 aliphatic rings. The van der Waals surface area contributed by atoms with Crippen LogP contribution in [-0.2, 0) is 20.2 Å². The molecule has 0 amide bonds. The molecule has 0 aliphatic carbocycles. The third kappa shape index (κ3) is 4.69. The molecule has 1 aromatic carbocycles. The van der Waals surface area contributed by atoms with Crippen LogP contribution in [0.1, 0.15) is 50.9 Å². The van der Waals surface area contributed by atoms with Gasteiger partial charge in [-0.25, -0.2) is 28.5 Å². The molecule has 2 aromatic heterocycles. The third-order valence-corrected chi connectivity index (χ3v) is 7.89. The fourth-order valence-corrected chi connectivity index (χ4v) is 4.44. The Hall–Kier alpha value is -2.36. The molecule has 3 rings (SSSR count). The van der Waals surface area contributed by atoms with Crippen LogP contribution in [0.2, 0.25) is 0 Å². The van der Waals surface area contributed by atoms with Crippen molar-refractivity contribution in [1.29, 1.82) is 0 Å². The highest BCUT2D eigenvalue weighted by molar-refractivity contribution is 7.90. The molecule has 2 heterocycles. The molecule has 0 bridgehead atoms. The lowest BCUT2D eigenvalue weighted by Crippen LogP contribution is -2.35. The molecule has 3 N–H and O–H groups in total. The molecule has 0 unspecified atom stereocenters. The first-order chi connectivity index (χ1) is 13.8. The number of aryl methyl sites for hydroxylation is 1. The number of benzene rings is 1. The summed E-state index contributed by atoms with van der Waals surface area (Å²) in [5.74, 6) is 0.527. The molecule has 0 saturated heterocycles. The van der Waals surface area contributed by atoms with Gasteiger partial charge in [0, 0.05) is 23.5 Å².